The molecule has 0 saturated carbocycles. The van der Waals surface area contributed by atoms with Crippen molar-refractivity contribution in [3.8, 4) is 0 Å². The van der Waals surface area contributed by atoms with Crippen LogP contribution in [0.4, 0.5) is 18.9 Å². The first-order valence-electron chi connectivity index (χ1n) is 6.82. The van der Waals surface area contributed by atoms with E-state index in [1.165, 1.54) is 6.92 Å². The van der Waals surface area contributed by atoms with Gasteiger partial charge in [0.1, 0.15) is 17.5 Å². The third kappa shape index (κ3) is 3.39. The van der Waals surface area contributed by atoms with Gasteiger partial charge in [0.15, 0.2) is 5.78 Å². The van der Waals surface area contributed by atoms with Gasteiger partial charge in [0.05, 0.1) is 11.3 Å². The first-order valence-corrected chi connectivity index (χ1v) is 7.20. The Labute approximate surface area is 135 Å². The quantitative estimate of drug-likeness (QED) is 0.824. The summed E-state index contributed by atoms with van der Waals surface area (Å²) in [5.74, 6) is -2.55. The molecule has 23 heavy (non-hydrogen) atoms. The molecule has 1 aromatic rings. The van der Waals surface area contributed by atoms with Crippen LogP contribution < -0.4 is 5.32 Å². The zero-order valence-corrected chi connectivity index (χ0v) is 13.3. The molecule has 1 aliphatic heterocycles. The van der Waals surface area contributed by atoms with Crippen molar-refractivity contribution in [3.05, 3.63) is 28.3 Å². The van der Waals surface area contributed by atoms with Crippen LogP contribution in [0.5, 0.6) is 0 Å². The fraction of sp³-hybridized carbons (Fsp3) is 0.400. The molecule has 124 valence electrons. The summed E-state index contributed by atoms with van der Waals surface area (Å²) in [6.07, 6.45) is -4.70. The molecule has 0 radical (unpaired) electrons. The van der Waals surface area contributed by atoms with Crippen molar-refractivity contribution in [3.63, 3.8) is 0 Å². The van der Waals surface area contributed by atoms with Crippen LogP contribution in [0.1, 0.15) is 36.7 Å². The third-order valence-corrected chi connectivity index (χ3v) is 3.48. The Morgan fingerprint density at radius 2 is 1.96 bits per heavy atom. The minimum atomic E-state index is -4.70. The highest BCUT2D eigenvalue weighted by atomic mass is 35.5. The number of nitrogens with one attached hydrogen (secondary N) is 1. The lowest BCUT2D eigenvalue weighted by molar-refractivity contribution is -0.136. The Bertz CT molecular complexity index is 711. The van der Waals surface area contributed by atoms with Crippen molar-refractivity contribution in [2.45, 2.75) is 33.0 Å². The summed E-state index contributed by atoms with van der Waals surface area (Å²) in [7, 11) is 0. The Balaban J connectivity index is 2.72. The predicted octanol–water partition coefficient (Wildman–Crippen LogP) is 3.98. The van der Waals surface area contributed by atoms with E-state index < -0.39 is 34.9 Å². The summed E-state index contributed by atoms with van der Waals surface area (Å²) < 4.78 is 39.6. The summed E-state index contributed by atoms with van der Waals surface area (Å²) in [4.78, 5) is 28.4. The minimum Gasteiger partial charge on any atom is -0.342 e. The van der Waals surface area contributed by atoms with Crippen molar-refractivity contribution < 1.29 is 22.8 Å². The van der Waals surface area contributed by atoms with Gasteiger partial charge in [-0.3, -0.25) is 14.6 Å². The Kier molecular flexibility index (Phi) is 4.52. The number of halogens is 4. The van der Waals surface area contributed by atoms with Crippen LogP contribution >= 0.6 is 11.6 Å². The maximum atomic E-state index is 13.2. The molecule has 2 rings (SSSR count). The number of ketones is 2. The molecule has 1 aliphatic rings. The van der Waals surface area contributed by atoms with Gasteiger partial charge in [-0.25, -0.2) is 0 Å². The van der Waals surface area contributed by atoms with E-state index in [1.54, 1.807) is 13.8 Å². The molecule has 1 N–H and O–H groups in total. The van der Waals surface area contributed by atoms with E-state index in [1.807, 2.05) is 0 Å². The van der Waals surface area contributed by atoms with E-state index in [9.17, 15) is 22.8 Å². The molecule has 0 aliphatic carbocycles. The molecular weight excluding hydrogens is 333 g/mol. The number of rotatable bonds is 2. The van der Waals surface area contributed by atoms with Gasteiger partial charge < -0.3 is 5.32 Å². The first kappa shape index (κ1) is 17.5. The van der Waals surface area contributed by atoms with Crippen LogP contribution in [0.2, 0.25) is 5.02 Å². The Hall–Kier alpha value is -1.89. The van der Waals surface area contributed by atoms with Gasteiger partial charge in [-0.15, -0.1) is 0 Å². The zero-order valence-electron chi connectivity index (χ0n) is 12.6. The molecule has 1 aromatic carbocycles. The molecule has 0 saturated heterocycles. The van der Waals surface area contributed by atoms with E-state index in [2.05, 4.69) is 10.3 Å². The molecule has 0 aromatic heterocycles. The highest BCUT2D eigenvalue weighted by Crippen LogP contribution is 2.41. The predicted molar refractivity (Wildman–Crippen MR) is 81.1 cm³/mol. The van der Waals surface area contributed by atoms with E-state index >= 15 is 0 Å². The Morgan fingerprint density at radius 3 is 2.43 bits per heavy atom. The average molecular weight is 347 g/mol. The average Bonchev–Trinajstić information content (AvgIpc) is 2.36. The van der Waals surface area contributed by atoms with Gasteiger partial charge >= 0.3 is 6.18 Å². The summed E-state index contributed by atoms with van der Waals surface area (Å²) in [6, 6.07) is 1.57. The number of Topliss-reactive ketones (excluding diaryl/α,β-unsaturated/α-hetero) is 2. The number of nitrogens with zero attached hydrogens (tertiary/aromatic N) is 1. The fourth-order valence-electron chi connectivity index (χ4n) is 2.40. The highest BCUT2D eigenvalue weighted by Gasteiger charge is 2.42. The van der Waals surface area contributed by atoms with Crippen molar-refractivity contribution in [2.24, 2.45) is 10.9 Å². The Morgan fingerprint density at radius 1 is 1.35 bits per heavy atom. The number of alkyl halides is 3. The number of carbonyl (C=O) groups is 2. The van der Waals surface area contributed by atoms with E-state index in [0.29, 0.717) is 0 Å². The van der Waals surface area contributed by atoms with E-state index in [4.69, 9.17) is 11.6 Å². The van der Waals surface area contributed by atoms with Crippen LogP contribution in [-0.2, 0) is 11.0 Å². The molecule has 0 fully saturated rings. The molecule has 1 atom stereocenters. The van der Waals surface area contributed by atoms with Crippen molar-refractivity contribution in [1.29, 1.82) is 0 Å². The van der Waals surface area contributed by atoms with Gasteiger partial charge in [0, 0.05) is 16.6 Å². The van der Waals surface area contributed by atoms with Crippen LogP contribution in [0, 0.1) is 5.92 Å². The normalized spacial score (nSPS) is 19.7. The summed E-state index contributed by atoms with van der Waals surface area (Å²) in [5.41, 5.74) is -1.73. The zero-order chi connectivity index (χ0) is 17.5. The van der Waals surface area contributed by atoms with Crippen LogP contribution in [0.3, 0.4) is 0 Å². The second-order valence-corrected chi connectivity index (χ2v) is 5.95. The smallest absolute Gasteiger partial charge is 0.342 e. The molecule has 0 spiro atoms. The largest absolute Gasteiger partial charge is 0.418 e. The maximum absolute atomic E-state index is 13.2. The topological polar surface area (TPSA) is 58.5 Å². The number of fused-ring (bicyclic) bond motifs is 1. The number of anilines is 1. The number of amidine groups is 1. The number of hydrogen-bond donors (Lipinski definition) is 1. The summed E-state index contributed by atoms with van der Waals surface area (Å²) in [5, 5.41) is 2.30. The molecule has 1 unspecified atom stereocenters. The van der Waals surface area contributed by atoms with Crippen molar-refractivity contribution >= 4 is 34.7 Å². The lowest BCUT2D eigenvalue weighted by Gasteiger charge is -2.28. The summed E-state index contributed by atoms with van der Waals surface area (Å²) >= 11 is 5.71. The first-order chi connectivity index (χ1) is 10.5. The minimum absolute atomic E-state index is 0.0715. The molecule has 0 amide bonds. The van der Waals surface area contributed by atoms with Gasteiger partial charge in [-0.1, -0.05) is 11.6 Å². The maximum Gasteiger partial charge on any atom is 0.418 e. The SMILES string of the molecule is CC(=O)C1C(=O)c2cc(Cl)cc(C(F)(F)F)c2NC1=NC(C)C. The van der Waals surface area contributed by atoms with E-state index in [-0.39, 0.29) is 22.5 Å². The molecule has 0 bridgehead atoms. The van der Waals surface area contributed by atoms with Gasteiger partial charge in [0.25, 0.3) is 0 Å². The number of benzene rings is 1. The van der Waals surface area contributed by atoms with E-state index in [0.717, 1.165) is 12.1 Å². The number of carbonyl (C=O) groups excluding carboxylic acids is 2. The number of aliphatic imine (C=N–C) groups is 1. The lowest BCUT2D eigenvalue weighted by Crippen LogP contribution is -2.41. The highest BCUT2D eigenvalue weighted by molar-refractivity contribution is 6.35. The second kappa shape index (κ2) is 5.96. The monoisotopic (exact) mass is 346 g/mol. The van der Waals surface area contributed by atoms with Gasteiger partial charge in [-0.2, -0.15) is 13.2 Å². The van der Waals surface area contributed by atoms with Crippen molar-refractivity contribution in [2.75, 3.05) is 5.32 Å². The van der Waals surface area contributed by atoms with Gasteiger partial charge in [0.2, 0.25) is 0 Å². The molecular formula is C15H14ClF3N2O2. The molecule has 8 heteroatoms. The van der Waals surface area contributed by atoms with Crippen molar-refractivity contribution in [1.82, 2.24) is 0 Å². The van der Waals surface area contributed by atoms with Crippen LogP contribution in [-0.4, -0.2) is 23.4 Å². The lowest BCUT2D eigenvalue weighted by atomic mass is 9.87. The number of hydrogen-bond acceptors (Lipinski definition) is 3. The third-order valence-electron chi connectivity index (χ3n) is 3.27. The fourth-order valence-corrected chi connectivity index (χ4v) is 2.62. The van der Waals surface area contributed by atoms with Gasteiger partial charge in [-0.05, 0) is 32.9 Å². The molecule has 1 heterocycles. The second-order valence-electron chi connectivity index (χ2n) is 5.51. The summed E-state index contributed by atoms with van der Waals surface area (Å²) in [6.45, 7) is 4.58. The standard InChI is InChI=1S/C15H14ClF3N2O2/c1-6(2)20-14-11(7(3)22)13(23)9-4-8(16)5-10(12(9)21-14)15(17,18)19/h4-6,11H,1-3H3,(H,20,21). The van der Waals surface area contributed by atoms with Crippen LogP contribution in [0.15, 0.2) is 17.1 Å². The van der Waals surface area contributed by atoms with Crippen LogP contribution in [0.25, 0.3) is 0 Å². The molecule has 4 nitrogen and oxygen atoms in total.